The third-order valence-corrected chi connectivity index (χ3v) is 7.17. The highest BCUT2D eigenvalue weighted by atomic mass is 35.5. The first-order valence-electron chi connectivity index (χ1n) is 12.0. The highest BCUT2D eigenvalue weighted by molar-refractivity contribution is 7.99. The zero-order valence-electron chi connectivity index (χ0n) is 21.2. The van der Waals surface area contributed by atoms with Gasteiger partial charge < -0.3 is 9.47 Å². The lowest BCUT2D eigenvalue weighted by molar-refractivity contribution is -0.137. The van der Waals surface area contributed by atoms with Crippen molar-refractivity contribution in [3.05, 3.63) is 58.6 Å². The molecule has 0 saturated carbocycles. The minimum Gasteiger partial charge on any atom is -0.480 e. The molecule has 9 heteroatoms. The van der Waals surface area contributed by atoms with E-state index in [1.165, 1.54) is 17.8 Å². The van der Waals surface area contributed by atoms with E-state index in [1.807, 2.05) is 32.9 Å². The predicted octanol–water partition coefficient (Wildman–Crippen LogP) is 8.11. The lowest BCUT2D eigenvalue weighted by Crippen LogP contribution is -2.45. The van der Waals surface area contributed by atoms with Gasteiger partial charge in [0, 0.05) is 14.8 Å². The molecule has 36 heavy (non-hydrogen) atoms. The molecule has 0 aromatic heterocycles. The van der Waals surface area contributed by atoms with Crippen molar-refractivity contribution in [1.29, 1.82) is 0 Å². The number of rotatable bonds is 8. The summed E-state index contributed by atoms with van der Waals surface area (Å²) >= 11 is 7.83. The average Bonchev–Trinajstić information content (AvgIpc) is 2.80. The Morgan fingerprint density at radius 3 is 2.36 bits per heavy atom. The van der Waals surface area contributed by atoms with Crippen LogP contribution in [0.15, 0.2) is 62.2 Å². The SMILES string of the molecule is CCOC1=N[C@](C)(CCc2ccc(Sc3cccc(C(F)(F)F)c3)cc2Cl)C(OCC)=N[C@H]1C(C)C. The van der Waals surface area contributed by atoms with Crippen LogP contribution in [0.3, 0.4) is 0 Å². The van der Waals surface area contributed by atoms with Crippen molar-refractivity contribution in [2.24, 2.45) is 15.9 Å². The third-order valence-electron chi connectivity index (χ3n) is 5.83. The van der Waals surface area contributed by atoms with Crippen molar-refractivity contribution < 1.29 is 22.6 Å². The summed E-state index contributed by atoms with van der Waals surface area (Å²) in [5.41, 5.74) is -0.448. The van der Waals surface area contributed by atoms with E-state index in [0.29, 0.717) is 47.8 Å². The number of nitrogens with zero attached hydrogens (tertiary/aromatic N) is 2. The minimum atomic E-state index is -4.38. The Morgan fingerprint density at radius 1 is 1.06 bits per heavy atom. The van der Waals surface area contributed by atoms with Gasteiger partial charge >= 0.3 is 6.18 Å². The number of ether oxygens (including phenoxy) is 2. The van der Waals surface area contributed by atoms with Crippen molar-refractivity contribution in [3.63, 3.8) is 0 Å². The van der Waals surface area contributed by atoms with E-state index in [4.69, 9.17) is 31.1 Å². The van der Waals surface area contributed by atoms with E-state index in [9.17, 15) is 13.2 Å². The second-order valence-corrected chi connectivity index (χ2v) is 10.6. The van der Waals surface area contributed by atoms with Crippen molar-refractivity contribution in [2.45, 2.75) is 75.0 Å². The van der Waals surface area contributed by atoms with Crippen LogP contribution in [-0.2, 0) is 22.1 Å². The summed E-state index contributed by atoms with van der Waals surface area (Å²) in [6.07, 6.45) is -3.16. The molecule has 4 nitrogen and oxygen atoms in total. The molecular formula is C27H32ClF3N2O2S. The first-order chi connectivity index (χ1) is 17.0. The van der Waals surface area contributed by atoms with Gasteiger partial charge in [-0.2, -0.15) is 13.2 Å². The predicted molar refractivity (Wildman–Crippen MR) is 140 cm³/mol. The zero-order chi connectivity index (χ0) is 26.5. The second-order valence-electron chi connectivity index (χ2n) is 9.09. The summed E-state index contributed by atoms with van der Waals surface area (Å²) < 4.78 is 50.9. The minimum absolute atomic E-state index is 0.185. The van der Waals surface area contributed by atoms with Crippen LogP contribution in [0.5, 0.6) is 0 Å². The molecule has 2 aromatic rings. The summed E-state index contributed by atoms with van der Waals surface area (Å²) in [6.45, 7) is 11.0. The molecule has 0 radical (unpaired) electrons. The monoisotopic (exact) mass is 540 g/mol. The lowest BCUT2D eigenvalue weighted by Gasteiger charge is -2.34. The van der Waals surface area contributed by atoms with Gasteiger partial charge in [-0.05, 0) is 75.4 Å². The largest absolute Gasteiger partial charge is 0.480 e. The number of aryl methyl sites for hydroxylation is 1. The summed E-state index contributed by atoms with van der Waals surface area (Å²) in [5.74, 6) is 1.43. The van der Waals surface area contributed by atoms with Gasteiger partial charge in [-0.1, -0.05) is 49.3 Å². The highest BCUT2D eigenvalue weighted by Crippen LogP contribution is 2.36. The number of halogens is 4. The smallest absolute Gasteiger partial charge is 0.416 e. The molecule has 0 amide bonds. The number of aliphatic imine (C=N–C) groups is 2. The van der Waals surface area contributed by atoms with E-state index >= 15 is 0 Å². The van der Waals surface area contributed by atoms with Crippen molar-refractivity contribution in [1.82, 2.24) is 0 Å². The van der Waals surface area contributed by atoms with Gasteiger partial charge in [-0.15, -0.1) is 0 Å². The van der Waals surface area contributed by atoms with Crippen LogP contribution in [0.4, 0.5) is 13.2 Å². The second kappa shape index (κ2) is 11.9. The summed E-state index contributed by atoms with van der Waals surface area (Å²) in [6, 6.07) is 10.6. The Morgan fingerprint density at radius 2 is 1.75 bits per heavy atom. The fourth-order valence-corrected chi connectivity index (χ4v) is 5.17. The molecule has 0 fully saturated rings. The van der Waals surface area contributed by atoms with Gasteiger partial charge in [0.25, 0.3) is 0 Å². The molecule has 3 rings (SSSR count). The van der Waals surface area contributed by atoms with E-state index in [1.54, 1.807) is 12.1 Å². The van der Waals surface area contributed by atoms with Gasteiger partial charge in [0.15, 0.2) is 0 Å². The topological polar surface area (TPSA) is 43.2 Å². The Hall–Kier alpha value is -2.19. The molecule has 1 heterocycles. The summed E-state index contributed by atoms with van der Waals surface area (Å²) in [7, 11) is 0. The fourth-order valence-electron chi connectivity index (χ4n) is 3.91. The maximum absolute atomic E-state index is 13.0. The van der Waals surface area contributed by atoms with Crippen LogP contribution in [0.2, 0.25) is 5.02 Å². The lowest BCUT2D eigenvalue weighted by atomic mass is 9.90. The molecule has 0 unspecified atom stereocenters. The maximum Gasteiger partial charge on any atom is 0.416 e. The zero-order valence-corrected chi connectivity index (χ0v) is 22.7. The van der Waals surface area contributed by atoms with Gasteiger partial charge in [0.2, 0.25) is 11.8 Å². The molecule has 0 spiro atoms. The van der Waals surface area contributed by atoms with Crippen LogP contribution in [0.25, 0.3) is 0 Å². The Bertz CT molecular complexity index is 1120. The van der Waals surface area contributed by atoms with Crippen molar-refractivity contribution in [3.8, 4) is 0 Å². The Balaban J connectivity index is 1.77. The maximum atomic E-state index is 13.0. The quantitative estimate of drug-likeness (QED) is 0.339. The molecule has 2 aromatic carbocycles. The number of hydrogen-bond donors (Lipinski definition) is 0. The number of alkyl halides is 3. The summed E-state index contributed by atoms with van der Waals surface area (Å²) in [5, 5.41) is 0.551. The molecule has 196 valence electrons. The van der Waals surface area contributed by atoms with Gasteiger partial charge in [-0.25, -0.2) is 9.98 Å². The first kappa shape index (κ1) is 28.4. The van der Waals surface area contributed by atoms with Crippen LogP contribution in [0.1, 0.15) is 52.2 Å². The van der Waals surface area contributed by atoms with Crippen LogP contribution in [-0.4, -0.2) is 36.6 Å². The fraction of sp³-hybridized carbons (Fsp3) is 0.481. The summed E-state index contributed by atoms with van der Waals surface area (Å²) in [4.78, 5) is 11.1. The van der Waals surface area contributed by atoms with Crippen molar-refractivity contribution in [2.75, 3.05) is 13.2 Å². The molecule has 0 saturated heterocycles. The molecule has 0 N–H and O–H groups in total. The molecule has 2 atom stereocenters. The van der Waals surface area contributed by atoms with E-state index in [-0.39, 0.29) is 12.0 Å². The Kier molecular flexibility index (Phi) is 9.39. The van der Waals surface area contributed by atoms with Crippen LogP contribution in [0, 0.1) is 5.92 Å². The van der Waals surface area contributed by atoms with Gasteiger partial charge in [-0.3, -0.25) is 0 Å². The van der Waals surface area contributed by atoms with Gasteiger partial charge in [0.05, 0.1) is 18.8 Å². The molecule has 0 aliphatic carbocycles. The van der Waals surface area contributed by atoms with Crippen molar-refractivity contribution >= 4 is 35.2 Å². The molecule has 0 bridgehead atoms. The number of benzene rings is 2. The standard InChI is InChI=1S/C27H32ClF3N2O2S/c1-6-34-24-23(17(3)4)32-25(35-7-2)26(5,33-24)14-13-18-11-12-21(16-22(18)28)36-20-10-8-9-19(15-20)27(29,30)31/h8-12,15-17,23H,6-7,13-14H2,1-5H3/t23-,26+/m0/s1. The molecule has 1 aliphatic heterocycles. The van der Waals surface area contributed by atoms with Crippen LogP contribution >= 0.6 is 23.4 Å². The number of hydrogen-bond acceptors (Lipinski definition) is 5. The van der Waals surface area contributed by atoms with E-state index in [2.05, 4.69) is 13.8 Å². The molecular weight excluding hydrogens is 509 g/mol. The average molecular weight is 541 g/mol. The normalized spacial score (nSPS) is 20.2. The Labute approximate surface area is 220 Å². The molecule has 1 aliphatic rings. The van der Waals surface area contributed by atoms with Gasteiger partial charge in [0.1, 0.15) is 11.6 Å². The van der Waals surface area contributed by atoms with Crippen LogP contribution < -0.4 is 0 Å². The first-order valence-corrected chi connectivity index (χ1v) is 13.2. The third kappa shape index (κ3) is 6.97. The highest BCUT2D eigenvalue weighted by Gasteiger charge is 2.40. The van der Waals surface area contributed by atoms with E-state index < -0.39 is 17.3 Å². The van der Waals surface area contributed by atoms with E-state index in [0.717, 1.165) is 22.6 Å².